The molecule has 0 fully saturated rings. The summed E-state index contributed by atoms with van der Waals surface area (Å²) >= 11 is 5.97. The van der Waals surface area contributed by atoms with Crippen molar-refractivity contribution in [3.05, 3.63) is 58.1 Å². The molecule has 0 radical (unpaired) electrons. The summed E-state index contributed by atoms with van der Waals surface area (Å²) in [7, 11) is 1.50. The largest absolute Gasteiger partial charge is 0.495 e. The highest BCUT2D eigenvalue weighted by Gasteiger charge is 2.20. The monoisotopic (exact) mass is 401 g/mol. The summed E-state index contributed by atoms with van der Waals surface area (Å²) in [5.74, 6) is -0.402. The molecule has 1 amide bonds. The standard InChI is InChI=1S/C22H24ClNO4/c1-14(22(26)24-19-13-18(23)9-10-20(19)27-2)28-21(25)12-15-7-8-16-5-3-4-6-17(16)11-15/h7-11,13-14H,3-6,12H2,1-2H3,(H,24,26)/t14-/m0/s1. The highest BCUT2D eigenvalue weighted by molar-refractivity contribution is 6.31. The van der Waals surface area contributed by atoms with Crippen LogP contribution in [0.15, 0.2) is 36.4 Å². The van der Waals surface area contributed by atoms with Crippen LogP contribution in [-0.4, -0.2) is 25.1 Å². The number of nitrogens with one attached hydrogen (secondary N) is 1. The third-order valence-corrected chi connectivity index (χ3v) is 5.09. The number of esters is 1. The Kier molecular flexibility index (Phi) is 6.57. The van der Waals surface area contributed by atoms with E-state index in [-0.39, 0.29) is 6.42 Å². The van der Waals surface area contributed by atoms with E-state index in [9.17, 15) is 9.59 Å². The zero-order chi connectivity index (χ0) is 20.1. The SMILES string of the molecule is COc1ccc(Cl)cc1NC(=O)[C@H](C)OC(=O)Cc1ccc2c(c1)CCCC2. The summed E-state index contributed by atoms with van der Waals surface area (Å²) < 4.78 is 10.5. The lowest BCUT2D eigenvalue weighted by atomic mass is 9.90. The Hall–Kier alpha value is -2.53. The quantitative estimate of drug-likeness (QED) is 0.731. The molecular weight excluding hydrogens is 378 g/mol. The second-order valence-electron chi connectivity index (χ2n) is 6.95. The third-order valence-electron chi connectivity index (χ3n) is 4.86. The lowest BCUT2D eigenvalue weighted by molar-refractivity contribution is -0.152. The first-order valence-electron chi connectivity index (χ1n) is 9.41. The number of aryl methyl sites for hydroxylation is 2. The third kappa shape index (κ3) is 5.04. The number of carbonyl (C=O) groups is 2. The van der Waals surface area contributed by atoms with E-state index in [0.29, 0.717) is 16.5 Å². The van der Waals surface area contributed by atoms with E-state index in [1.165, 1.54) is 38.0 Å². The molecule has 0 aliphatic heterocycles. The number of benzene rings is 2. The van der Waals surface area contributed by atoms with Crippen molar-refractivity contribution in [2.24, 2.45) is 0 Å². The lowest BCUT2D eigenvalue weighted by Gasteiger charge is -2.17. The number of rotatable bonds is 6. The highest BCUT2D eigenvalue weighted by Crippen LogP contribution is 2.28. The summed E-state index contributed by atoms with van der Waals surface area (Å²) in [6.45, 7) is 1.54. The van der Waals surface area contributed by atoms with Crippen LogP contribution < -0.4 is 10.1 Å². The zero-order valence-corrected chi connectivity index (χ0v) is 16.8. The van der Waals surface area contributed by atoms with Crippen LogP contribution >= 0.6 is 11.6 Å². The molecule has 1 aliphatic rings. The van der Waals surface area contributed by atoms with Crippen molar-refractivity contribution in [1.82, 2.24) is 0 Å². The average Bonchev–Trinajstić information content (AvgIpc) is 2.68. The number of hydrogen-bond donors (Lipinski definition) is 1. The molecule has 5 nitrogen and oxygen atoms in total. The normalized spacial score (nSPS) is 14.0. The second-order valence-corrected chi connectivity index (χ2v) is 7.39. The fourth-order valence-electron chi connectivity index (χ4n) is 3.37. The summed E-state index contributed by atoms with van der Waals surface area (Å²) in [6.07, 6.45) is 3.77. The number of methoxy groups -OCH3 is 1. The molecule has 0 saturated heterocycles. The van der Waals surface area contributed by atoms with E-state index >= 15 is 0 Å². The van der Waals surface area contributed by atoms with Crippen LogP contribution in [0.4, 0.5) is 5.69 Å². The van der Waals surface area contributed by atoms with Crippen molar-refractivity contribution in [1.29, 1.82) is 0 Å². The fourth-order valence-corrected chi connectivity index (χ4v) is 3.54. The summed E-state index contributed by atoms with van der Waals surface area (Å²) in [5.41, 5.74) is 4.02. The molecule has 6 heteroatoms. The van der Waals surface area contributed by atoms with Gasteiger partial charge < -0.3 is 14.8 Å². The number of fused-ring (bicyclic) bond motifs is 1. The molecule has 0 bridgehead atoms. The van der Waals surface area contributed by atoms with E-state index in [1.54, 1.807) is 18.2 Å². The smallest absolute Gasteiger partial charge is 0.311 e. The first kappa shape index (κ1) is 20.2. The summed E-state index contributed by atoms with van der Waals surface area (Å²) in [6, 6.07) is 11.0. The van der Waals surface area contributed by atoms with Crippen molar-refractivity contribution >= 4 is 29.2 Å². The van der Waals surface area contributed by atoms with Crippen molar-refractivity contribution in [2.75, 3.05) is 12.4 Å². The van der Waals surface area contributed by atoms with Gasteiger partial charge in [-0.1, -0.05) is 29.8 Å². The summed E-state index contributed by atoms with van der Waals surface area (Å²) in [4.78, 5) is 24.7. The van der Waals surface area contributed by atoms with Crippen LogP contribution in [0.3, 0.4) is 0 Å². The molecule has 1 atom stereocenters. The van der Waals surface area contributed by atoms with Crippen LogP contribution in [0.1, 0.15) is 36.5 Å². The lowest BCUT2D eigenvalue weighted by Crippen LogP contribution is -2.30. The topological polar surface area (TPSA) is 64.6 Å². The van der Waals surface area contributed by atoms with Crippen molar-refractivity contribution in [3.8, 4) is 5.75 Å². The van der Waals surface area contributed by atoms with Gasteiger partial charge in [0.25, 0.3) is 5.91 Å². The van der Waals surface area contributed by atoms with Gasteiger partial charge in [0.2, 0.25) is 0 Å². The van der Waals surface area contributed by atoms with Gasteiger partial charge in [-0.25, -0.2) is 0 Å². The minimum absolute atomic E-state index is 0.144. The number of ether oxygens (including phenoxy) is 2. The number of hydrogen-bond acceptors (Lipinski definition) is 4. The Morgan fingerprint density at radius 2 is 1.86 bits per heavy atom. The number of anilines is 1. The first-order valence-corrected chi connectivity index (χ1v) is 9.78. The van der Waals surface area contributed by atoms with Crippen molar-refractivity contribution < 1.29 is 19.1 Å². The van der Waals surface area contributed by atoms with E-state index in [1.807, 2.05) is 6.07 Å². The molecule has 1 aliphatic carbocycles. The maximum atomic E-state index is 12.4. The van der Waals surface area contributed by atoms with Gasteiger partial charge in [0.1, 0.15) is 5.75 Å². The van der Waals surface area contributed by atoms with E-state index in [2.05, 4.69) is 17.4 Å². The Morgan fingerprint density at radius 3 is 2.61 bits per heavy atom. The summed E-state index contributed by atoms with van der Waals surface area (Å²) in [5, 5.41) is 3.15. The molecule has 3 rings (SSSR count). The predicted octanol–water partition coefficient (Wildman–Crippen LogP) is 4.34. The second kappa shape index (κ2) is 9.11. The van der Waals surface area contributed by atoms with Crippen LogP contribution in [0, 0.1) is 0 Å². The van der Waals surface area contributed by atoms with Crippen LogP contribution in [0.5, 0.6) is 5.75 Å². The number of halogens is 1. The molecule has 2 aromatic rings. The van der Waals surface area contributed by atoms with Gasteiger partial charge in [0.15, 0.2) is 6.10 Å². The number of carbonyl (C=O) groups excluding carboxylic acids is 2. The highest BCUT2D eigenvalue weighted by atomic mass is 35.5. The van der Waals surface area contributed by atoms with Gasteiger partial charge in [-0.2, -0.15) is 0 Å². The minimum Gasteiger partial charge on any atom is -0.495 e. The van der Waals surface area contributed by atoms with E-state index in [4.69, 9.17) is 21.1 Å². The maximum Gasteiger partial charge on any atom is 0.311 e. The van der Waals surface area contributed by atoms with Crippen LogP contribution in [-0.2, 0) is 33.6 Å². The van der Waals surface area contributed by atoms with Gasteiger partial charge in [-0.15, -0.1) is 0 Å². The zero-order valence-electron chi connectivity index (χ0n) is 16.1. The Bertz CT molecular complexity index is 881. The maximum absolute atomic E-state index is 12.4. The first-order chi connectivity index (χ1) is 13.5. The minimum atomic E-state index is -0.936. The molecule has 2 aromatic carbocycles. The average molecular weight is 402 g/mol. The van der Waals surface area contributed by atoms with E-state index < -0.39 is 18.0 Å². The Morgan fingerprint density at radius 1 is 1.11 bits per heavy atom. The molecule has 0 spiro atoms. The molecule has 1 N–H and O–H groups in total. The number of amides is 1. The molecule has 148 valence electrons. The van der Waals surface area contributed by atoms with Gasteiger partial charge in [-0.3, -0.25) is 9.59 Å². The Balaban J connectivity index is 1.58. The Labute approximate surface area is 170 Å². The van der Waals surface area contributed by atoms with Gasteiger partial charge >= 0.3 is 5.97 Å². The molecule has 0 saturated carbocycles. The molecule has 0 aromatic heterocycles. The van der Waals surface area contributed by atoms with Crippen molar-refractivity contribution in [3.63, 3.8) is 0 Å². The molecule has 0 unspecified atom stereocenters. The fraction of sp³-hybridized carbons (Fsp3) is 0.364. The predicted molar refractivity (Wildman–Crippen MR) is 109 cm³/mol. The van der Waals surface area contributed by atoms with Crippen LogP contribution in [0.2, 0.25) is 5.02 Å². The van der Waals surface area contributed by atoms with Crippen LogP contribution in [0.25, 0.3) is 0 Å². The van der Waals surface area contributed by atoms with Gasteiger partial charge in [0, 0.05) is 5.02 Å². The molecule has 0 heterocycles. The van der Waals surface area contributed by atoms with Crippen molar-refractivity contribution in [2.45, 2.75) is 45.1 Å². The van der Waals surface area contributed by atoms with E-state index in [0.717, 1.165) is 18.4 Å². The molecule has 28 heavy (non-hydrogen) atoms. The molecular formula is C22H24ClNO4. The van der Waals surface area contributed by atoms with Gasteiger partial charge in [-0.05, 0) is 67.5 Å². The van der Waals surface area contributed by atoms with Gasteiger partial charge in [0.05, 0.1) is 19.2 Å².